The number of rotatable bonds is 7. The van der Waals surface area contributed by atoms with E-state index in [1.54, 1.807) is 18.2 Å². The van der Waals surface area contributed by atoms with Crippen LogP contribution >= 0.6 is 31.9 Å². The molecule has 1 aliphatic carbocycles. The second-order valence-corrected chi connectivity index (χ2v) is 9.25. The number of carbonyl (C=O) groups excluding carboxylic acids is 1. The van der Waals surface area contributed by atoms with E-state index in [1.165, 1.54) is 6.07 Å². The summed E-state index contributed by atoms with van der Waals surface area (Å²) in [4.78, 5) is 23.1. The summed E-state index contributed by atoms with van der Waals surface area (Å²) in [6.45, 7) is 3.43. The van der Waals surface area contributed by atoms with Gasteiger partial charge in [0.1, 0.15) is 11.8 Å². The molecule has 1 unspecified atom stereocenters. The third-order valence-electron chi connectivity index (χ3n) is 4.34. The molecule has 0 aromatic heterocycles. The Labute approximate surface area is 168 Å². The maximum atomic E-state index is 12.5. The van der Waals surface area contributed by atoms with Crippen LogP contribution in [0, 0.1) is 28.6 Å². The Morgan fingerprint density at radius 2 is 2.12 bits per heavy atom. The minimum Gasteiger partial charge on any atom is -0.482 e. The van der Waals surface area contributed by atoms with E-state index in [4.69, 9.17) is 14.6 Å². The lowest BCUT2D eigenvalue weighted by Crippen LogP contribution is -2.15. The summed E-state index contributed by atoms with van der Waals surface area (Å²) in [5, 5.41) is 18.1. The molecule has 26 heavy (non-hydrogen) atoms. The van der Waals surface area contributed by atoms with Gasteiger partial charge in [0.2, 0.25) is 6.10 Å². The van der Waals surface area contributed by atoms with Crippen molar-refractivity contribution in [1.29, 1.82) is 5.26 Å². The molecule has 1 N–H and O–H groups in total. The van der Waals surface area contributed by atoms with Crippen molar-refractivity contribution in [2.75, 3.05) is 6.61 Å². The molecule has 6 nitrogen and oxygen atoms in total. The van der Waals surface area contributed by atoms with Gasteiger partial charge in [-0.25, -0.2) is 4.79 Å². The lowest BCUT2D eigenvalue weighted by atomic mass is 10.1. The van der Waals surface area contributed by atoms with E-state index in [2.05, 4.69) is 31.9 Å². The van der Waals surface area contributed by atoms with Gasteiger partial charge in [0.05, 0.1) is 9.31 Å². The summed E-state index contributed by atoms with van der Waals surface area (Å²) >= 11 is 6.59. The smallest absolute Gasteiger partial charge is 0.341 e. The number of ether oxygens (including phenoxy) is 2. The molecule has 3 atom stereocenters. The summed E-state index contributed by atoms with van der Waals surface area (Å²) in [5.41, 5.74) is 0.173. The van der Waals surface area contributed by atoms with Crippen molar-refractivity contribution in [2.45, 2.75) is 20.0 Å². The van der Waals surface area contributed by atoms with Gasteiger partial charge >= 0.3 is 11.9 Å². The van der Waals surface area contributed by atoms with Gasteiger partial charge in [0.15, 0.2) is 6.61 Å². The van der Waals surface area contributed by atoms with E-state index >= 15 is 0 Å². The van der Waals surface area contributed by atoms with Crippen LogP contribution in [0.15, 0.2) is 33.7 Å². The van der Waals surface area contributed by atoms with Crippen molar-refractivity contribution in [3.63, 3.8) is 0 Å². The van der Waals surface area contributed by atoms with Crippen molar-refractivity contribution in [2.24, 2.45) is 17.3 Å². The Morgan fingerprint density at radius 3 is 2.69 bits per heavy atom. The topological polar surface area (TPSA) is 96.6 Å². The predicted molar refractivity (Wildman–Crippen MR) is 101 cm³/mol. The van der Waals surface area contributed by atoms with Crippen LogP contribution in [0.2, 0.25) is 0 Å². The van der Waals surface area contributed by atoms with Crippen LogP contribution in [0.25, 0.3) is 0 Å². The first-order valence-corrected chi connectivity index (χ1v) is 9.33. The molecule has 0 amide bonds. The molecule has 0 saturated heterocycles. The minimum atomic E-state index is -1.10. The highest BCUT2D eigenvalue weighted by atomic mass is 79.9. The molecule has 138 valence electrons. The van der Waals surface area contributed by atoms with Crippen LogP contribution in [0.3, 0.4) is 0 Å². The molecule has 0 heterocycles. The highest BCUT2D eigenvalue weighted by Crippen LogP contribution is 2.60. The average Bonchev–Trinajstić information content (AvgIpc) is 3.10. The molecule has 0 spiro atoms. The lowest BCUT2D eigenvalue weighted by molar-refractivity contribution is -0.149. The minimum absolute atomic E-state index is 0.00771. The van der Waals surface area contributed by atoms with E-state index in [0.29, 0.717) is 5.56 Å². The number of aliphatic carboxylic acids is 1. The van der Waals surface area contributed by atoms with Crippen LogP contribution in [0.4, 0.5) is 0 Å². The molecule has 1 aliphatic rings. The standard InChI is InChI=1S/C18H17Br2NO5/c1-18(2)12(7-14(19)20)16(18)17(24)26-13(8-21)10-4-3-5-11(6-10)25-9-15(22)23/h3-7,12-13,16H,9H2,1-2H3,(H,22,23)/t12-,13?,16+/m1/s1. The van der Waals surface area contributed by atoms with Crippen molar-refractivity contribution >= 4 is 43.8 Å². The van der Waals surface area contributed by atoms with Gasteiger partial charge in [-0.15, -0.1) is 0 Å². The fraction of sp³-hybridized carbons (Fsp3) is 0.389. The Morgan fingerprint density at radius 1 is 1.42 bits per heavy atom. The van der Waals surface area contributed by atoms with Gasteiger partial charge in [-0.3, -0.25) is 4.79 Å². The maximum absolute atomic E-state index is 12.5. The van der Waals surface area contributed by atoms with Gasteiger partial charge in [0.25, 0.3) is 0 Å². The number of carboxylic acid groups (broad SMARTS) is 1. The first-order chi connectivity index (χ1) is 12.2. The van der Waals surface area contributed by atoms with Crippen LogP contribution < -0.4 is 4.74 Å². The fourth-order valence-electron chi connectivity index (χ4n) is 2.85. The van der Waals surface area contributed by atoms with Gasteiger partial charge in [-0.05, 0) is 55.3 Å². The molecule has 8 heteroatoms. The molecule has 0 radical (unpaired) electrons. The normalized spacial score (nSPS) is 21.0. The van der Waals surface area contributed by atoms with Gasteiger partial charge in [0, 0.05) is 5.56 Å². The molecule has 1 saturated carbocycles. The summed E-state index contributed by atoms with van der Waals surface area (Å²) < 4.78 is 11.3. The maximum Gasteiger partial charge on any atom is 0.341 e. The number of benzene rings is 1. The largest absolute Gasteiger partial charge is 0.482 e. The first kappa shape index (κ1) is 20.5. The van der Waals surface area contributed by atoms with E-state index in [9.17, 15) is 14.9 Å². The number of hydrogen-bond acceptors (Lipinski definition) is 5. The van der Waals surface area contributed by atoms with Crippen LogP contribution in [-0.2, 0) is 14.3 Å². The van der Waals surface area contributed by atoms with Crippen molar-refractivity contribution in [1.82, 2.24) is 0 Å². The second kappa shape index (κ2) is 8.23. The molecular weight excluding hydrogens is 470 g/mol. The molecule has 0 aliphatic heterocycles. The number of hydrogen-bond donors (Lipinski definition) is 1. The molecule has 1 aromatic carbocycles. The van der Waals surface area contributed by atoms with Crippen LogP contribution in [-0.4, -0.2) is 23.7 Å². The lowest BCUT2D eigenvalue weighted by Gasteiger charge is -2.13. The summed E-state index contributed by atoms with van der Waals surface area (Å²) in [6.07, 6.45) is 0.803. The molecule has 1 fully saturated rings. The molecular formula is C18H17Br2NO5. The first-order valence-electron chi connectivity index (χ1n) is 7.74. The van der Waals surface area contributed by atoms with E-state index in [-0.39, 0.29) is 23.0 Å². The van der Waals surface area contributed by atoms with Crippen molar-refractivity contribution in [3.8, 4) is 11.8 Å². The number of allylic oxidation sites excluding steroid dienone is 1. The van der Waals surface area contributed by atoms with Gasteiger partial charge < -0.3 is 14.6 Å². The number of carbonyl (C=O) groups is 2. The fourth-order valence-corrected chi connectivity index (χ4v) is 3.42. The predicted octanol–water partition coefficient (Wildman–Crippen LogP) is 4.16. The zero-order chi connectivity index (χ0) is 19.5. The zero-order valence-corrected chi connectivity index (χ0v) is 17.3. The monoisotopic (exact) mass is 485 g/mol. The summed E-state index contributed by atoms with van der Waals surface area (Å²) in [6, 6.07) is 8.26. The Balaban J connectivity index is 2.09. The van der Waals surface area contributed by atoms with Crippen LogP contribution in [0.5, 0.6) is 5.75 Å². The zero-order valence-electron chi connectivity index (χ0n) is 14.1. The van der Waals surface area contributed by atoms with Crippen LogP contribution in [0.1, 0.15) is 25.5 Å². The quantitative estimate of drug-likeness (QED) is 0.581. The number of carboxylic acids is 1. The Bertz CT molecular complexity index is 780. The molecule has 1 aromatic rings. The Hall–Kier alpha value is -1.85. The van der Waals surface area contributed by atoms with Gasteiger partial charge in [-0.1, -0.05) is 32.1 Å². The third kappa shape index (κ3) is 4.86. The highest BCUT2D eigenvalue weighted by molar-refractivity contribution is 9.28. The SMILES string of the molecule is CC1(C)[C@H](C=C(Br)Br)[C@H]1C(=O)OC(C#N)c1cccc(OCC(=O)O)c1. The number of nitriles is 1. The Kier molecular flexibility index (Phi) is 6.48. The number of nitrogens with zero attached hydrogens (tertiary/aromatic N) is 1. The van der Waals surface area contributed by atoms with E-state index in [0.717, 1.165) is 3.39 Å². The van der Waals surface area contributed by atoms with Crippen molar-refractivity contribution < 1.29 is 24.2 Å². The van der Waals surface area contributed by atoms with Crippen molar-refractivity contribution in [3.05, 3.63) is 39.3 Å². The van der Waals surface area contributed by atoms with E-state index in [1.807, 2.05) is 26.0 Å². The summed E-state index contributed by atoms with van der Waals surface area (Å²) in [7, 11) is 0. The molecule has 0 bridgehead atoms. The summed E-state index contributed by atoms with van der Waals surface area (Å²) in [5.74, 6) is -1.59. The average molecular weight is 487 g/mol. The number of esters is 1. The highest BCUT2D eigenvalue weighted by Gasteiger charge is 2.61. The second-order valence-electron chi connectivity index (χ2n) is 6.48. The molecule has 2 rings (SSSR count). The third-order valence-corrected chi connectivity index (χ3v) is 4.87. The number of halogens is 2. The van der Waals surface area contributed by atoms with E-state index < -0.39 is 24.6 Å². The van der Waals surface area contributed by atoms with Gasteiger partial charge in [-0.2, -0.15) is 5.26 Å².